The molecule has 0 aliphatic rings. The van der Waals surface area contributed by atoms with Gasteiger partial charge in [-0.25, -0.2) is 4.40 Å². The molecule has 0 radical (unpaired) electrons. The third-order valence-corrected chi connectivity index (χ3v) is 4.56. The first-order chi connectivity index (χ1) is 14.7. The number of rotatable bonds is 5. The number of benzene rings is 3. The van der Waals surface area contributed by atoms with Crippen LogP contribution in [0, 0.1) is 0 Å². The van der Waals surface area contributed by atoms with Crippen LogP contribution in [-0.4, -0.2) is 26.2 Å². The van der Waals surface area contributed by atoms with Gasteiger partial charge in [-0.15, -0.1) is 10.2 Å². The molecule has 0 saturated heterocycles. The van der Waals surface area contributed by atoms with E-state index in [0.29, 0.717) is 28.7 Å². The van der Waals surface area contributed by atoms with E-state index in [9.17, 15) is 8.78 Å². The first kappa shape index (κ1) is 18.0. The molecule has 3 aromatic carbocycles. The van der Waals surface area contributed by atoms with Gasteiger partial charge in [-0.3, -0.25) is 4.98 Å². The maximum Gasteiger partial charge on any atom is 0.387 e. The fourth-order valence-electron chi connectivity index (χ4n) is 3.22. The lowest BCUT2D eigenvalue weighted by Crippen LogP contribution is -2.01. The van der Waals surface area contributed by atoms with Gasteiger partial charge < -0.3 is 9.47 Å². The first-order valence-corrected chi connectivity index (χ1v) is 9.08. The summed E-state index contributed by atoms with van der Waals surface area (Å²) in [5.41, 5.74) is 1.16. The van der Waals surface area contributed by atoms with Crippen molar-refractivity contribution < 1.29 is 18.3 Å². The highest BCUT2D eigenvalue weighted by molar-refractivity contribution is 5.83. The van der Waals surface area contributed by atoms with Crippen LogP contribution in [-0.2, 0) is 0 Å². The van der Waals surface area contributed by atoms with Crippen molar-refractivity contribution in [2.45, 2.75) is 6.61 Å². The van der Waals surface area contributed by atoms with E-state index in [0.717, 1.165) is 10.8 Å². The quantitative estimate of drug-likeness (QED) is 0.396. The fourth-order valence-corrected chi connectivity index (χ4v) is 3.22. The lowest BCUT2D eigenvalue weighted by molar-refractivity contribution is -0.0498. The molecule has 8 heteroatoms. The molecule has 5 aromatic rings. The van der Waals surface area contributed by atoms with Gasteiger partial charge in [0, 0.05) is 5.56 Å². The minimum Gasteiger partial charge on any atom is -0.439 e. The minimum absolute atomic E-state index is 0.0666. The molecule has 0 bridgehead atoms. The lowest BCUT2D eigenvalue weighted by atomic mass is 10.1. The Balaban J connectivity index is 1.54. The monoisotopic (exact) mass is 404 g/mol. The number of ether oxygens (including phenoxy) is 2. The lowest BCUT2D eigenvalue weighted by Gasteiger charge is -2.10. The minimum atomic E-state index is -2.88. The molecule has 0 amide bonds. The number of fused-ring (bicyclic) bond motifs is 2. The first-order valence-electron chi connectivity index (χ1n) is 9.08. The van der Waals surface area contributed by atoms with Crippen molar-refractivity contribution in [2.24, 2.45) is 0 Å². The fraction of sp³-hybridized carbons (Fsp3) is 0.0455. The Bertz CT molecular complexity index is 1340. The number of alkyl halides is 2. The van der Waals surface area contributed by atoms with Crippen molar-refractivity contribution in [1.82, 2.24) is 19.6 Å². The second-order valence-electron chi connectivity index (χ2n) is 6.48. The van der Waals surface area contributed by atoms with E-state index in [1.165, 1.54) is 12.1 Å². The van der Waals surface area contributed by atoms with E-state index in [2.05, 4.69) is 19.9 Å². The van der Waals surface area contributed by atoms with Gasteiger partial charge in [-0.2, -0.15) is 8.78 Å². The maximum absolute atomic E-state index is 12.4. The van der Waals surface area contributed by atoms with Crippen molar-refractivity contribution in [1.29, 1.82) is 0 Å². The Labute approximate surface area is 169 Å². The van der Waals surface area contributed by atoms with Crippen LogP contribution in [0.1, 0.15) is 0 Å². The van der Waals surface area contributed by atoms with Crippen LogP contribution in [0.4, 0.5) is 8.78 Å². The standard InChI is InChI=1S/C22H14F2N4O2/c23-22(24)30-17-8-6-15(7-9-17)21-27-26-19-12-25-13-20(28(19)21)29-18-10-5-14-3-1-2-4-16(14)11-18/h1-13,22H. The molecule has 0 aliphatic carbocycles. The van der Waals surface area contributed by atoms with E-state index < -0.39 is 6.61 Å². The van der Waals surface area contributed by atoms with Crippen LogP contribution in [0.15, 0.2) is 79.1 Å². The smallest absolute Gasteiger partial charge is 0.387 e. The summed E-state index contributed by atoms with van der Waals surface area (Å²) in [6, 6.07) is 19.9. The average Bonchev–Trinajstić information content (AvgIpc) is 3.19. The molecule has 30 heavy (non-hydrogen) atoms. The van der Waals surface area contributed by atoms with Crippen molar-refractivity contribution in [3.8, 4) is 28.8 Å². The van der Waals surface area contributed by atoms with Gasteiger partial charge in [-0.1, -0.05) is 30.3 Å². The van der Waals surface area contributed by atoms with E-state index >= 15 is 0 Å². The number of halogens is 2. The molecule has 2 heterocycles. The molecule has 0 N–H and O–H groups in total. The molecule has 0 spiro atoms. The topological polar surface area (TPSA) is 61.5 Å². The summed E-state index contributed by atoms with van der Waals surface area (Å²) in [4.78, 5) is 4.17. The van der Waals surface area contributed by atoms with Crippen LogP contribution in [0.5, 0.6) is 17.4 Å². The van der Waals surface area contributed by atoms with Crippen molar-refractivity contribution >= 4 is 16.4 Å². The Morgan fingerprint density at radius 3 is 2.37 bits per heavy atom. The third-order valence-electron chi connectivity index (χ3n) is 4.56. The van der Waals surface area contributed by atoms with Crippen LogP contribution in [0.3, 0.4) is 0 Å². The highest BCUT2D eigenvalue weighted by Gasteiger charge is 2.14. The predicted octanol–water partition coefficient (Wildman–Crippen LogP) is 5.34. The molecule has 0 fully saturated rings. The predicted molar refractivity (Wildman–Crippen MR) is 107 cm³/mol. The summed E-state index contributed by atoms with van der Waals surface area (Å²) in [5.74, 6) is 1.63. The summed E-state index contributed by atoms with van der Waals surface area (Å²) in [7, 11) is 0. The van der Waals surface area contributed by atoms with Gasteiger partial charge in [0.25, 0.3) is 0 Å². The molecule has 2 aromatic heterocycles. The Hall–Kier alpha value is -4.07. The zero-order valence-corrected chi connectivity index (χ0v) is 15.4. The van der Waals surface area contributed by atoms with Gasteiger partial charge in [0.2, 0.25) is 5.88 Å². The molecule has 0 atom stereocenters. The van der Waals surface area contributed by atoms with Gasteiger partial charge in [-0.05, 0) is 47.2 Å². The number of nitrogens with zero attached hydrogens (tertiary/aromatic N) is 4. The second kappa shape index (κ2) is 7.40. The molecule has 148 valence electrons. The molecule has 0 aliphatic heterocycles. The van der Waals surface area contributed by atoms with Crippen molar-refractivity contribution in [3.63, 3.8) is 0 Å². The van der Waals surface area contributed by atoms with E-state index in [-0.39, 0.29) is 5.75 Å². The normalized spacial score (nSPS) is 11.3. The summed E-state index contributed by atoms with van der Waals surface area (Å²) in [5, 5.41) is 10.5. The molecule has 5 rings (SSSR count). The number of aromatic nitrogens is 4. The summed E-state index contributed by atoms with van der Waals surface area (Å²) < 4.78 is 37.0. The molecular formula is C22H14F2N4O2. The van der Waals surface area contributed by atoms with E-state index in [1.807, 2.05) is 42.5 Å². The summed E-state index contributed by atoms with van der Waals surface area (Å²) in [6.07, 6.45) is 3.14. The highest BCUT2D eigenvalue weighted by atomic mass is 19.3. The molecular weight excluding hydrogens is 390 g/mol. The Morgan fingerprint density at radius 2 is 1.57 bits per heavy atom. The summed E-state index contributed by atoms with van der Waals surface area (Å²) >= 11 is 0. The van der Waals surface area contributed by atoms with Crippen LogP contribution >= 0.6 is 0 Å². The molecule has 0 unspecified atom stereocenters. The zero-order chi connectivity index (χ0) is 20.5. The van der Waals surface area contributed by atoms with Crippen LogP contribution < -0.4 is 9.47 Å². The van der Waals surface area contributed by atoms with E-state index in [1.54, 1.807) is 28.9 Å². The number of hydrogen-bond acceptors (Lipinski definition) is 5. The third kappa shape index (κ3) is 3.39. The summed E-state index contributed by atoms with van der Waals surface area (Å²) in [6.45, 7) is -2.88. The second-order valence-corrected chi connectivity index (χ2v) is 6.48. The zero-order valence-electron chi connectivity index (χ0n) is 15.4. The number of hydrogen-bond donors (Lipinski definition) is 0. The van der Waals surface area contributed by atoms with Crippen LogP contribution in [0.25, 0.3) is 27.8 Å². The molecule has 0 saturated carbocycles. The van der Waals surface area contributed by atoms with Gasteiger partial charge in [0.05, 0.1) is 12.4 Å². The van der Waals surface area contributed by atoms with Crippen molar-refractivity contribution in [3.05, 3.63) is 79.1 Å². The van der Waals surface area contributed by atoms with Gasteiger partial charge in [0.1, 0.15) is 11.5 Å². The van der Waals surface area contributed by atoms with Crippen LogP contribution in [0.2, 0.25) is 0 Å². The largest absolute Gasteiger partial charge is 0.439 e. The Kier molecular flexibility index (Phi) is 4.44. The van der Waals surface area contributed by atoms with Crippen molar-refractivity contribution in [2.75, 3.05) is 0 Å². The molecule has 6 nitrogen and oxygen atoms in total. The van der Waals surface area contributed by atoms with E-state index in [4.69, 9.17) is 4.74 Å². The van der Waals surface area contributed by atoms with Gasteiger partial charge >= 0.3 is 6.61 Å². The average molecular weight is 404 g/mol. The Morgan fingerprint density at radius 1 is 0.800 bits per heavy atom. The highest BCUT2D eigenvalue weighted by Crippen LogP contribution is 2.29. The van der Waals surface area contributed by atoms with Gasteiger partial charge in [0.15, 0.2) is 11.5 Å². The maximum atomic E-state index is 12.4. The SMILES string of the molecule is FC(F)Oc1ccc(-c2nnc3cncc(Oc4ccc5ccccc5c4)n23)cc1.